The molecule has 1 fully saturated rings. The van der Waals surface area contributed by atoms with Crippen molar-refractivity contribution < 1.29 is 29.1 Å². The molecule has 2 N–H and O–H groups in total. The number of amides is 2. The number of nitrogens with zero attached hydrogens (tertiary/aromatic N) is 2. The standard InChI is InChI=1S/C30H38BClN2O6S/c1-6-39-24-16-11-20(31(37)38)17-19(24)18-34(28(35)27-26(32)23-9-7-8-10-25(23)41-27)22-14-12-21(13-15-22)33(5)29(36)40-30(2,3)4/h7-11,16-17,21-22,37-38H,6,12-15,18H2,1-5H3/t21-,22-. The van der Waals surface area contributed by atoms with Crippen LogP contribution in [0.2, 0.25) is 5.02 Å². The van der Waals surface area contributed by atoms with E-state index in [-0.39, 0.29) is 30.6 Å². The first-order valence-electron chi connectivity index (χ1n) is 13.9. The lowest BCUT2D eigenvalue weighted by Gasteiger charge is -2.40. The largest absolute Gasteiger partial charge is 0.494 e. The molecule has 0 saturated heterocycles. The second kappa shape index (κ2) is 13.0. The van der Waals surface area contributed by atoms with Gasteiger partial charge in [-0.1, -0.05) is 41.9 Å². The zero-order chi connectivity index (χ0) is 29.9. The van der Waals surface area contributed by atoms with E-state index >= 15 is 0 Å². The van der Waals surface area contributed by atoms with Gasteiger partial charge in [0.15, 0.2) is 0 Å². The Labute approximate surface area is 250 Å². The summed E-state index contributed by atoms with van der Waals surface area (Å²) in [5.41, 5.74) is 0.416. The van der Waals surface area contributed by atoms with Crippen LogP contribution >= 0.6 is 22.9 Å². The first-order valence-corrected chi connectivity index (χ1v) is 15.1. The highest BCUT2D eigenvalue weighted by atomic mass is 35.5. The van der Waals surface area contributed by atoms with E-state index in [1.807, 2.05) is 56.9 Å². The Balaban J connectivity index is 1.64. The lowest BCUT2D eigenvalue weighted by Crippen LogP contribution is -2.47. The van der Waals surface area contributed by atoms with E-state index in [1.165, 1.54) is 11.3 Å². The summed E-state index contributed by atoms with van der Waals surface area (Å²) >= 11 is 8.12. The van der Waals surface area contributed by atoms with Crippen molar-refractivity contribution in [3.05, 3.63) is 57.9 Å². The molecule has 1 aromatic heterocycles. The van der Waals surface area contributed by atoms with Crippen LogP contribution in [0.15, 0.2) is 42.5 Å². The summed E-state index contributed by atoms with van der Waals surface area (Å²) in [5, 5.41) is 20.9. The van der Waals surface area contributed by atoms with Gasteiger partial charge in [0, 0.05) is 41.3 Å². The molecule has 41 heavy (non-hydrogen) atoms. The number of rotatable bonds is 8. The summed E-state index contributed by atoms with van der Waals surface area (Å²) in [6, 6.07) is 12.5. The van der Waals surface area contributed by atoms with Crippen LogP contribution in [-0.2, 0) is 11.3 Å². The highest BCUT2D eigenvalue weighted by Crippen LogP contribution is 2.38. The summed E-state index contributed by atoms with van der Waals surface area (Å²) in [7, 11) is 0.114. The lowest BCUT2D eigenvalue weighted by molar-refractivity contribution is 0.0144. The molecular formula is C30H38BClN2O6S. The van der Waals surface area contributed by atoms with Gasteiger partial charge in [-0.15, -0.1) is 11.3 Å². The van der Waals surface area contributed by atoms with Gasteiger partial charge in [0.05, 0.1) is 11.6 Å². The Morgan fingerprint density at radius 3 is 2.34 bits per heavy atom. The average Bonchev–Trinajstić information content (AvgIpc) is 3.27. The molecule has 0 unspecified atom stereocenters. The molecule has 2 aromatic carbocycles. The van der Waals surface area contributed by atoms with E-state index in [9.17, 15) is 19.6 Å². The van der Waals surface area contributed by atoms with Crippen LogP contribution in [0.1, 0.15) is 68.6 Å². The van der Waals surface area contributed by atoms with Crippen LogP contribution in [-0.4, -0.2) is 70.3 Å². The van der Waals surface area contributed by atoms with Crippen molar-refractivity contribution in [2.24, 2.45) is 0 Å². The van der Waals surface area contributed by atoms with Gasteiger partial charge in [0.2, 0.25) is 0 Å². The topological polar surface area (TPSA) is 99.5 Å². The van der Waals surface area contributed by atoms with Gasteiger partial charge in [-0.05, 0) is 71.0 Å². The molecule has 8 nitrogen and oxygen atoms in total. The average molecular weight is 601 g/mol. The Hall–Kier alpha value is -2.79. The minimum absolute atomic E-state index is 0.00202. The molecule has 0 bridgehead atoms. The molecule has 0 aliphatic heterocycles. The molecule has 0 radical (unpaired) electrons. The fourth-order valence-electron chi connectivity index (χ4n) is 5.25. The van der Waals surface area contributed by atoms with E-state index in [0.29, 0.717) is 59.0 Å². The summed E-state index contributed by atoms with van der Waals surface area (Å²) in [6.45, 7) is 8.04. The molecule has 2 amide bonds. The monoisotopic (exact) mass is 600 g/mol. The fourth-order valence-corrected chi connectivity index (χ4v) is 6.72. The Morgan fingerprint density at radius 2 is 1.73 bits per heavy atom. The fraction of sp³-hybridized carbons (Fsp3) is 0.467. The molecule has 0 spiro atoms. The van der Waals surface area contributed by atoms with Crippen molar-refractivity contribution in [1.82, 2.24) is 9.80 Å². The number of carbonyl (C=O) groups excluding carboxylic acids is 2. The molecule has 3 aromatic rings. The zero-order valence-corrected chi connectivity index (χ0v) is 25.8. The maximum Gasteiger partial charge on any atom is 0.488 e. The lowest BCUT2D eigenvalue weighted by atomic mass is 9.79. The second-order valence-corrected chi connectivity index (χ2v) is 12.8. The predicted molar refractivity (Wildman–Crippen MR) is 164 cm³/mol. The third-order valence-corrected chi connectivity index (χ3v) is 9.01. The van der Waals surface area contributed by atoms with Crippen LogP contribution in [0.25, 0.3) is 10.1 Å². The number of fused-ring (bicyclic) bond motifs is 1. The molecule has 4 rings (SSSR count). The SMILES string of the molecule is CCOc1ccc(B(O)O)cc1CN(C(=O)c1sc2ccccc2c1Cl)[C@H]1CC[C@H](N(C)C(=O)OC(C)(C)C)CC1. The summed E-state index contributed by atoms with van der Waals surface area (Å²) in [5.74, 6) is 0.396. The number of thiophene rings is 1. The Bertz CT molecular complexity index is 1380. The van der Waals surface area contributed by atoms with Crippen LogP contribution in [0.5, 0.6) is 5.75 Å². The number of ether oxygens (including phenoxy) is 2. The third-order valence-electron chi connectivity index (χ3n) is 7.35. The molecule has 220 valence electrons. The van der Waals surface area contributed by atoms with E-state index in [4.69, 9.17) is 21.1 Å². The minimum atomic E-state index is -1.65. The van der Waals surface area contributed by atoms with Gasteiger partial charge in [0.1, 0.15) is 16.2 Å². The molecule has 1 heterocycles. The highest BCUT2D eigenvalue weighted by Gasteiger charge is 2.35. The Kier molecular flexibility index (Phi) is 9.90. The maximum absolute atomic E-state index is 14.2. The number of hydrogen-bond donors (Lipinski definition) is 2. The van der Waals surface area contributed by atoms with E-state index in [0.717, 1.165) is 10.1 Å². The van der Waals surface area contributed by atoms with Crippen molar-refractivity contribution in [2.45, 2.75) is 77.6 Å². The predicted octanol–water partition coefficient (Wildman–Crippen LogP) is 5.45. The minimum Gasteiger partial charge on any atom is -0.494 e. The smallest absolute Gasteiger partial charge is 0.488 e. The van der Waals surface area contributed by atoms with Crippen molar-refractivity contribution >= 4 is 57.6 Å². The van der Waals surface area contributed by atoms with Crippen molar-refractivity contribution in [1.29, 1.82) is 0 Å². The van der Waals surface area contributed by atoms with E-state index < -0.39 is 12.7 Å². The first-order chi connectivity index (χ1) is 19.4. The molecule has 11 heteroatoms. The van der Waals surface area contributed by atoms with Gasteiger partial charge in [-0.3, -0.25) is 4.79 Å². The van der Waals surface area contributed by atoms with E-state index in [2.05, 4.69) is 0 Å². The normalized spacial score (nSPS) is 17.3. The second-order valence-electron chi connectivity index (χ2n) is 11.4. The first kappa shape index (κ1) is 31.2. The molecule has 1 aliphatic carbocycles. The van der Waals surface area contributed by atoms with Gasteiger partial charge in [-0.2, -0.15) is 0 Å². The van der Waals surface area contributed by atoms with Crippen LogP contribution < -0.4 is 10.2 Å². The summed E-state index contributed by atoms with van der Waals surface area (Å²) in [4.78, 5) is 30.9. The van der Waals surface area contributed by atoms with Crippen LogP contribution in [0, 0.1) is 0 Å². The number of hydrogen-bond acceptors (Lipinski definition) is 7. The number of halogens is 1. The van der Waals surface area contributed by atoms with Gasteiger partial charge in [0.25, 0.3) is 5.91 Å². The highest BCUT2D eigenvalue weighted by molar-refractivity contribution is 7.21. The molecule has 1 saturated carbocycles. The number of benzene rings is 2. The summed E-state index contributed by atoms with van der Waals surface area (Å²) < 4.78 is 12.3. The molecule has 0 atom stereocenters. The molecular weight excluding hydrogens is 563 g/mol. The third kappa shape index (κ3) is 7.35. The quantitative estimate of drug-likeness (QED) is 0.334. The van der Waals surface area contributed by atoms with Crippen LogP contribution in [0.3, 0.4) is 0 Å². The van der Waals surface area contributed by atoms with Gasteiger partial charge >= 0.3 is 13.2 Å². The van der Waals surface area contributed by atoms with Crippen molar-refractivity contribution in [3.8, 4) is 5.75 Å². The van der Waals surface area contributed by atoms with Crippen LogP contribution in [0.4, 0.5) is 4.79 Å². The van der Waals surface area contributed by atoms with Crippen molar-refractivity contribution in [3.63, 3.8) is 0 Å². The maximum atomic E-state index is 14.2. The zero-order valence-electron chi connectivity index (χ0n) is 24.2. The van der Waals surface area contributed by atoms with Crippen molar-refractivity contribution in [2.75, 3.05) is 13.7 Å². The Morgan fingerprint density at radius 1 is 1.07 bits per heavy atom. The number of carbonyl (C=O) groups is 2. The van der Waals surface area contributed by atoms with Gasteiger partial charge in [-0.25, -0.2) is 4.79 Å². The molecule has 1 aliphatic rings. The summed E-state index contributed by atoms with van der Waals surface area (Å²) in [6.07, 6.45) is 2.42. The van der Waals surface area contributed by atoms with Gasteiger partial charge < -0.3 is 29.3 Å². The van der Waals surface area contributed by atoms with E-state index in [1.54, 1.807) is 30.1 Å².